The first-order chi connectivity index (χ1) is 6.77. The van der Waals surface area contributed by atoms with Crippen molar-refractivity contribution in [2.24, 2.45) is 0 Å². The van der Waals surface area contributed by atoms with Crippen molar-refractivity contribution in [1.29, 1.82) is 0 Å². The first kappa shape index (κ1) is 8.49. The number of aliphatic carboxylic acids is 1. The fourth-order valence-electron chi connectivity index (χ4n) is 1.09. The van der Waals surface area contributed by atoms with Gasteiger partial charge in [0.1, 0.15) is 12.0 Å². The number of H-pyrrole nitrogens is 1. The molecule has 2 N–H and O–H groups in total. The normalized spacial score (nSPS) is 10.3. The molecule has 2 aromatic rings. The molecule has 6 nitrogen and oxygen atoms in total. The Labute approximate surface area is 78.6 Å². The molecule has 0 fully saturated rings. The van der Waals surface area contributed by atoms with Crippen molar-refractivity contribution in [3.63, 3.8) is 0 Å². The zero-order chi connectivity index (χ0) is 9.97. The zero-order valence-corrected chi connectivity index (χ0v) is 7.10. The van der Waals surface area contributed by atoms with Crippen molar-refractivity contribution in [2.45, 2.75) is 0 Å². The predicted molar refractivity (Wildman–Crippen MR) is 47.0 cm³/mol. The number of carbonyl (C=O) groups is 1. The molecule has 0 amide bonds. The standard InChI is InChI=1S/C8H7N3O3/c12-6(13)3-14-8-5-1-2-9-7(5)10-4-11-8/h1-2,4H,3H2,(H,12,13)(H,9,10,11). The Morgan fingerprint density at radius 3 is 3.21 bits per heavy atom. The van der Waals surface area contributed by atoms with E-state index in [0.29, 0.717) is 11.0 Å². The molecule has 6 heteroatoms. The van der Waals surface area contributed by atoms with Crippen LogP contribution >= 0.6 is 0 Å². The lowest BCUT2D eigenvalue weighted by molar-refractivity contribution is -0.139. The van der Waals surface area contributed by atoms with E-state index in [-0.39, 0.29) is 5.88 Å². The maximum Gasteiger partial charge on any atom is 0.341 e. The van der Waals surface area contributed by atoms with Gasteiger partial charge < -0.3 is 14.8 Å². The molecule has 72 valence electrons. The zero-order valence-electron chi connectivity index (χ0n) is 7.10. The van der Waals surface area contributed by atoms with Gasteiger partial charge in [0.05, 0.1) is 5.39 Å². The van der Waals surface area contributed by atoms with Gasteiger partial charge >= 0.3 is 5.97 Å². The van der Waals surface area contributed by atoms with Gasteiger partial charge in [-0.1, -0.05) is 0 Å². The molecule has 0 bridgehead atoms. The van der Waals surface area contributed by atoms with Gasteiger partial charge in [-0.2, -0.15) is 0 Å². The summed E-state index contributed by atoms with van der Waals surface area (Å²) in [7, 11) is 0. The van der Waals surface area contributed by atoms with Gasteiger partial charge in [-0.15, -0.1) is 0 Å². The Balaban J connectivity index is 2.32. The molecule has 0 spiro atoms. The van der Waals surface area contributed by atoms with Crippen molar-refractivity contribution < 1.29 is 14.6 Å². The summed E-state index contributed by atoms with van der Waals surface area (Å²) in [6.45, 7) is -0.405. The molecule has 0 aromatic carbocycles. The van der Waals surface area contributed by atoms with Crippen LogP contribution in [0.15, 0.2) is 18.6 Å². The summed E-state index contributed by atoms with van der Waals surface area (Å²) in [6, 6.07) is 1.73. The Morgan fingerprint density at radius 2 is 2.43 bits per heavy atom. The van der Waals surface area contributed by atoms with Crippen LogP contribution in [-0.2, 0) is 4.79 Å². The lowest BCUT2D eigenvalue weighted by Crippen LogP contribution is -2.10. The molecule has 0 atom stereocenters. The van der Waals surface area contributed by atoms with Crippen LogP contribution in [0.4, 0.5) is 0 Å². The Hall–Kier alpha value is -2.11. The maximum atomic E-state index is 10.3. The van der Waals surface area contributed by atoms with Crippen molar-refractivity contribution in [2.75, 3.05) is 6.61 Å². The van der Waals surface area contributed by atoms with Gasteiger partial charge in [-0.3, -0.25) is 0 Å². The lowest BCUT2D eigenvalue weighted by atomic mass is 10.4. The van der Waals surface area contributed by atoms with Crippen molar-refractivity contribution in [3.8, 4) is 5.88 Å². The fraction of sp³-hybridized carbons (Fsp3) is 0.125. The number of ether oxygens (including phenoxy) is 1. The van der Waals surface area contributed by atoms with E-state index in [2.05, 4.69) is 15.0 Å². The molecule has 2 rings (SSSR count). The first-order valence-corrected chi connectivity index (χ1v) is 3.90. The molecule has 0 saturated carbocycles. The Morgan fingerprint density at radius 1 is 1.57 bits per heavy atom. The van der Waals surface area contributed by atoms with Crippen molar-refractivity contribution in [3.05, 3.63) is 18.6 Å². The minimum absolute atomic E-state index is 0.277. The molecule has 0 unspecified atom stereocenters. The first-order valence-electron chi connectivity index (χ1n) is 3.90. The lowest BCUT2D eigenvalue weighted by Gasteiger charge is -2.01. The second kappa shape index (κ2) is 3.33. The molecule has 0 radical (unpaired) electrons. The molecular formula is C8H7N3O3. The van der Waals surface area contributed by atoms with E-state index < -0.39 is 12.6 Å². The summed E-state index contributed by atoms with van der Waals surface area (Å²) in [5, 5.41) is 9.10. The van der Waals surface area contributed by atoms with Gasteiger partial charge in [0, 0.05) is 6.20 Å². The number of aromatic nitrogens is 3. The predicted octanol–water partition coefficient (Wildman–Crippen LogP) is 0.421. The van der Waals surface area contributed by atoms with E-state index in [1.54, 1.807) is 12.3 Å². The van der Waals surface area contributed by atoms with Crippen LogP contribution in [0.2, 0.25) is 0 Å². The number of carboxylic acid groups (broad SMARTS) is 1. The topological polar surface area (TPSA) is 88.1 Å². The molecule has 2 heterocycles. The van der Waals surface area contributed by atoms with Crippen LogP contribution in [0, 0.1) is 0 Å². The molecular weight excluding hydrogens is 186 g/mol. The second-order valence-electron chi connectivity index (χ2n) is 2.60. The quantitative estimate of drug-likeness (QED) is 0.737. The highest BCUT2D eigenvalue weighted by atomic mass is 16.5. The smallest absolute Gasteiger partial charge is 0.341 e. The van der Waals surface area contributed by atoms with Gasteiger partial charge in [-0.25, -0.2) is 14.8 Å². The Bertz CT molecular complexity index is 466. The van der Waals surface area contributed by atoms with E-state index in [9.17, 15) is 4.79 Å². The van der Waals surface area contributed by atoms with Crippen LogP contribution in [-0.4, -0.2) is 32.6 Å². The minimum atomic E-state index is -1.03. The highest BCUT2D eigenvalue weighted by molar-refractivity contribution is 5.80. The number of rotatable bonds is 3. The maximum absolute atomic E-state index is 10.3. The van der Waals surface area contributed by atoms with Crippen LogP contribution in [0.3, 0.4) is 0 Å². The third-order valence-electron chi connectivity index (χ3n) is 1.65. The molecule has 2 aromatic heterocycles. The SMILES string of the molecule is O=C(O)COc1ncnc2[nH]ccc12. The number of hydrogen-bond donors (Lipinski definition) is 2. The summed E-state index contributed by atoms with van der Waals surface area (Å²) in [4.78, 5) is 20.9. The van der Waals surface area contributed by atoms with Crippen molar-refractivity contribution >= 4 is 17.0 Å². The highest BCUT2D eigenvalue weighted by Gasteiger charge is 2.06. The van der Waals surface area contributed by atoms with Crippen LogP contribution in [0.1, 0.15) is 0 Å². The van der Waals surface area contributed by atoms with Crippen LogP contribution < -0.4 is 4.74 Å². The average Bonchev–Trinajstić information content (AvgIpc) is 2.62. The molecule has 14 heavy (non-hydrogen) atoms. The third kappa shape index (κ3) is 1.49. The molecule has 0 aliphatic carbocycles. The second-order valence-corrected chi connectivity index (χ2v) is 2.60. The number of fused-ring (bicyclic) bond motifs is 1. The highest BCUT2D eigenvalue weighted by Crippen LogP contribution is 2.19. The van der Waals surface area contributed by atoms with Crippen LogP contribution in [0.25, 0.3) is 11.0 Å². The Kier molecular flexibility index (Phi) is 2.02. The average molecular weight is 193 g/mol. The summed E-state index contributed by atoms with van der Waals surface area (Å²) >= 11 is 0. The van der Waals surface area contributed by atoms with Gasteiger partial charge in [0.2, 0.25) is 5.88 Å². The summed E-state index contributed by atoms with van der Waals surface area (Å²) in [6.07, 6.45) is 3.00. The van der Waals surface area contributed by atoms with E-state index in [1.165, 1.54) is 6.33 Å². The number of aromatic amines is 1. The van der Waals surface area contributed by atoms with E-state index >= 15 is 0 Å². The van der Waals surface area contributed by atoms with E-state index in [4.69, 9.17) is 9.84 Å². The fourth-order valence-corrected chi connectivity index (χ4v) is 1.09. The molecule has 0 aliphatic rings. The summed E-state index contributed by atoms with van der Waals surface area (Å²) < 4.78 is 4.97. The number of nitrogens with zero attached hydrogens (tertiary/aromatic N) is 2. The van der Waals surface area contributed by atoms with Crippen molar-refractivity contribution in [1.82, 2.24) is 15.0 Å². The monoisotopic (exact) mass is 193 g/mol. The number of carboxylic acids is 1. The molecule has 0 saturated heterocycles. The third-order valence-corrected chi connectivity index (χ3v) is 1.65. The number of nitrogens with one attached hydrogen (secondary N) is 1. The largest absolute Gasteiger partial charge is 0.479 e. The van der Waals surface area contributed by atoms with Gasteiger partial charge in [0.15, 0.2) is 6.61 Å². The minimum Gasteiger partial charge on any atom is -0.479 e. The molecule has 0 aliphatic heterocycles. The number of hydrogen-bond acceptors (Lipinski definition) is 4. The van der Waals surface area contributed by atoms with Crippen LogP contribution in [0.5, 0.6) is 5.88 Å². The van der Waals surface area contributed by atoms with E-state index in [0.717, 1.165) is 0 Å². The van der Waals surface area contributed by atoms with Gasteiger partial charge in [-0.05, 0) is 6.07 Å². The van der Waals surface area contributed by atoms with Gasteiger partial charge in [0.25, 0.3) is 0 Å². The van der Waals surface area contributed by atoms with E-state index in [1.807, 2.05) is 0 Å². The summed E-state index contributed by atoms with van der Waals surface area (Å²) in [5.41, 5.74) is 0.625. The summed E-state index contributed by atoms with van der Waals surface area (Å²) in [5.74, 6) is -0.758.